The highest BCUT2D eigenvalue weighted by Crippen LogP contribution is 2.10. The second-order valence-corrected chi connectivity index (χ2v) is 3.07. The van der Waals surface area contributed by atoms with Crippen molar-refractivity contribution in [3.05, 3.63) is 0 Å². The molecule has 0 aliphatic carbocycles. The van der Waals surface area contributed by atoms with Crippen LogP contribution in [0.4, 0.5) is 0 Å². The fraction of sp³-hybridized carbons (Fsp3) is 0.909. The summed E-state index contributed by atoms with van der Waals surface area (Å²) in [6.45, 7) is 9.97. The van der Waals surface area contributed by atoms with Gasteiger partial charge in [0.25, 0.3) is 0 Å². The molecule has 14 heavy (non-hydrogen) atoms. The zero-order valence-corrected chi connectivity index (χ0v) is 9.97. The van der Waals surface area contributed by atoms with E-state index in [-0.39, 0.29) is 5.92 Å². The standard InChI is InChI=1S/C6H11NO2.C3H8.C2H6/c8-6(9)5-1-3-7-4-2-5;1-3-2;1-2/h5,7H,1-4H2,(H,8,9);3H2,1-2H3;1-2H3. The lowest BCUT2D eigenvalue weighted by atomic mass is 9.99. The highest BCUT2D eigenvalue weighted by atomic mass is 16.4. The molecule has 0 amide bonds. The molecule has 0 unspecified atom stereocenters. The van der Waals surface area contributed by atoms with Gasteiger partial charge in [-0.05, 0) is 25.9 Å². The Labute approximate surface area is 87.9 Å². The van der Waals surface area contributed by atoms with Gasteiger partial charge in [0.1, 0.15) is 0 Å². The van der Waals surface area contributed by atoms with E-state index in [4.69, 9.17) is 5.11 Å². The Morgan fingerprint density at radius 2 is 1.64 bits per heavy atom. The average Bonchev–Trinajstić information content (AvgIpc) is 2.23. The molecule has 1 rings (SSSR count). The minimum absolute atomic E-state index is 0.0914. The van der Waals surface area contributed by atoms with Crippen LogP contribution in [0.3, 0.4) is 0 Å². The van der Waals surface area contributed by atoms with Crippen LogP contribution in [0.1, 0.15) is 47.0 Å². The van der Waals surface area contributed by atoms with Crippen LogP contribution in [-0.4, -0.2) is 24.2 Å². The zero-order chi connectivity index (χ0) is 11.4. The minimum atomic E-state index is -0.642. The molecule has 0 saturated carbocycles. The van der Waals surface area contributed by atoms with Crippen molar-refractivity contribution >= 4 is 5.97 Å². The number of hydrogen-bond acceptors (Lipinski definition) is 2. The molecule has 0 aromatic heterocycles. The molecule has 1 aliphatic heterocycles. The van der Waals surface area contributed by atoms with E-state index in [9.17, 15) is 4.79 Å². The Balaban J connectivity index is 0. The van der Waals surface area contributed by atoms with E-state index in [2.05, 4.69) is 19.2 Å². The predicted molar refractivity (Wildman–Crippen MR) is 60.5 cm³/mol. The molecule has 0 bridgehead atoms. The van der Waals surface area contributed by atoms with Crippen molar-refractivity contribution in [2.24, 2.45) is 5.92 Å². The van der Waals surface area contributed by atoms with E-state index in [1.54, 1.807) is 0 Å². The second kappa shape index (κ2) is 12.4. The number of aliphatic carboxylic acids is 1. The summed E-state index contributed by atoms with van der Waals surface area (Å²) < 4.78 is 0. The fourth-order valence-electron chi connectivity index (χ4n) is 1.07. The first kappa shape index (κ1) is 15.9. The van der Waals surface area contributed by atoms with Crippen molar-refractivity contribution < 1.29 is 9.90 Å². The molecule has 0 radical (unpaired) electrons. The summed E-state index contributed by atoms with van der Waals surface area (Å²) in [6, 6.07) is 0. The monoisotopic (exact) mass is 203 g/mol. The second-order valence-electron chi connectivity index (χ2n) is 3.07. The number of carboxylic acid groups (broad SMARTS) is 1. The molecule has 1 aliphatic rings. The number of hydrogen-bond donors (Lipinski definition) is 2. The summed E-state index contributed by atoms with van der Waals surface area (Å²) in [5, 5.41) is 11.6. The van der Waals surface area contributed by atoms with Crippen molar-refractivity contribution in [3.8, 4) is 0 Å². The van der Waals surface area contributed by atoms with Crippen LogP contribution in [0.2, 0.25) is 0 Å². The van der Waals surface area contributed by atoms with E-state index in [0.29, 0.717) is 0 Å². The number of carboxylic acids is 1. The van der Waals surface area contributed by atoms with Crippen LogP contribution >= 0.6 is 0 Å². The molecule has 86 valence electrons. The van der Waals surface area contributed by atoms with Crippen molar-refractivity contribution in [2.45, 2.75) is 47.0 Å². The Hall–Kier alpha value is -0.570. The van der Waals surface area contributed by atoms with Gasteiger partial charge >= 0.3 is 5.97 Å². The van der Waals surface area contributed by atoms with Crippen LogP contribution in [0, 0.1) is 5.92 Å². The van der Waals surface area contributed by atoms with Gasteiger partial charge in [-0.3, -0.25) is 4.79 Å². The maximum Gasteiger partial charge on any atom is 0.306 e. The molecule has 1 saturated heterocycles. The Kier molecular flexibility index (Phi) is 14.1. The van der Waals surface area contributed by atoms with Crippen LogP contribution in [0.5, 0.6) is 0 Å². The SMILES string of the molecule is CC.CCC.O=C(O)C1CCNCC1. The molecule has 2 N–H and O–H groups in total. The number of nitrogens with one attached hydrogen (secondary N) is 1. The van der Waals surface area contributed by atoms with Gasteiger partial charge in [-0.2, -0.15) is 0 Å². The van der Waals surface area contributed by atoms with Crippen LogP contribution in [-0.2, 0) is 4.79 Å². The van der Waals surface area contributed by atoms with E-state index < -0.39 is 5.97 Å². The first-order chi connectivity index (χ1) is 6.72. The zero-order valence-electron chi connectivity index (χ0n) is 9.97. The first-order valence-corrected chi connectivity index (χ1v) is 5.65. The molecular weight excluding hydrogens is 178 g/mol. The molecule has 0 atom stereocenters. The van der Waals surface area contributed by atoms with Crippen molar-refractivity contribution in [1.29, 1.82) is 0 Å². The van der Waals surface area contributed by atoms with Gasteiger partial charge in [-0.15, -0.1) is 0 Å². The molecule has 0 aromatic carbocycles. The Bertz CT molecular complexity index is 120. The third-order valence-electron chi connectivity index (χ3n) is 1.69. The normalized spacial score (nSPS) is 15.7. The summed E-state index contributed by atoms with van der Waals surface area (Å²) in [6.07, 6.45) is 2.82. The van der Waals surface area contributed by atoms with Gasteiger partial charge in [0.05, 0.1) is 5.92 Å². The predicted octanol–water partition coefficient (Wildman–Crippen LogP) is 2.51. The molecule has 0 spiro atoms. The fourth-order valence-corrected chi connectivity index (χ4v) is 1.07. The van der Waals surface area contributed by atoms with Gasteiger partial charge in [0.15, 0.2) is 0 Å². The van der Waals surface area contributed by atoms with Crippen LogP contribution in [0.15, 0.2) is 0 Å². The maximum atomic E-state index is 10.3. The van der Waals surface area contributed by atoms with E-state index in [1.807, 2.05) is 13.8 Å². The molecule has 3 heteroatoms. The van der Waals surface area contributed by atoms with Crippen molar-refractivity contribution in [2.75, 3.05) is 13.1 Å². The van der Waals surface area contributed by atoms with E-state index in [0.717, 1.165) is 25.9 Å². The average molecular weight is 203 g/mol. The smallest absolute Gasteiger partial charge is 0.306 e. The first-order valence-electron chi connectivity index (χ1n) is 5.65. The maximum absolute atomic E-state index is 10.3. The number of rotatable bonds is 1. The molecule has 3 nitrogen and oxygen atoms in total. The van der Waals surface area contributed by atoms with Crippen molar-refractivity contribution in [3.63, 3.8) is 0 Å². The third-order valence-corrected chi connectivity index (χ3v) is 1.69. The molecule has 1 fully saturated rings. The molecule has 0 aromatic rings. The van der Waals surface area contributed by atoms with Gasteiger partial charge in [-0.1, -0.05) is 34.1 Å². The summed E-state index contributed by atoms with van der Waals surface area (Å²) in [5.74, 6) is -0.734. The number of piperidine rings is 1. The molecular formula is C11H25NO2. The van der Waals surface area contributed by atoms with Crippen molar-refractivity contribution in [1.82, 2.24) is 5.32 Å². The highest BCUT2D eigenvalue weighted by molar-refractivity contribution is 5.70. The van der Waals surface area contributed by atoms with E-state index in [1.165, 1.54) is 6.42 Å². The minimum Gasteiger partial charge on any atom is -0.481 e. The largest absolute Gasteiger partial charge is 0.481 e. The van der Waals surface area contributed by atoms with Crippen LogP contribution in [0.25, 0.3) is 0 Å². The highest BCUT2D eigenvalue weighted by Gasteiger charge is 2.18. The molecule has 1 heterocycles. The van der Waals surface area contributed by atoms with Gasteiger partial charge in [-0.25, -0.2) is 0 Å². The lowest BCUT2D eigenvalue weighted by molar-refractivity contribution is -0.142. The number of carbonyl (C=O) groups is 1. The van der Waals surface area contributed by atoms with Crippen LogP contribution < -0.4 is 5.32 Å². The summed E-state index contributed by atoms with van der Waals surface area (Å²) in [4.78, 5) is 10.3. The Morgan fingerprint density at radius 1 is 1.29 bits per heavy atom. The Morgan fingerprint density at radius 3 is 1.86 bits per heavy atom. The summed E-state index contributed by atoms with van der Waals surface area (Å²) in [5.41, 5.74) is 0. The summed E-state index contributed by atoms with van der Waals surface area (Å²) in [7, 11) is 0. The van der Waals surface area contributed by atoms with E-state index >= 15 is 0 Å². The van der Waals surface area contributed by atoms with Gasteiger partial charge < -0.3 is 10.4 Å². The summed E-state index contributed by atoms with van der Waals surface area (Å²) >= 11 is 0. The van der Waals surface area contributed by atoms with Gasteiger partial charge in [0.2, 0.25) is 0 Å². The van der Waals surface area contributed by atoms with Gasteiger partial charge in [0, 0.05) is 0 Å². The quantitative estimate of drug-likeness (QED) is 0.688. The topological polar surface area (TPSA) is 49.3 Å². The lowest BCUT2D eigenvalue weighted by Gasteiger charge is -2.17. The third kappa shape index (κ3) is 9.52. The lowest BCUT2D eigenvalue weighted by Crippen LogP contribution is -2.31.